The molecule has 2 N–H and O–H groups in total. The first kappa shape index (κ1) is 20.4. The Labute approximate surface area is 183 Å². The van der Waals surface area contributed by atoms with E-state index >= 15 is 0 Å². The Kier molecular flexibility index (Phi) is 7.23. The molecule has 0 atom stereocenters. The summed E-state index contributed by atoms with van der Waals surface area (Å²) in [5.41, 5.74) is 0. The van der Waals surface area contributed by atoms with Crippen molar-refractivity contribution < 1.29 is 18.4 Å². The molecule has 0 saturated heterocycles. The van der Waals surface area contributed by atoms with Gasteiger partial charge in [0.2, 0.25) is 0 Å². The zero-order valence-corrected chi connectivity index (χ0v) is 21.3. The molecule has 0 radical (unpaired) electrons. The van der Waals surface area contributed by atoms with Crippen molar-refractivity contribution in [2.24, 2.45) is 0 Å². The van der Waals surface area contributed by atoms with E-state index in [1.54, 1.807) is 24.3 Å². The van der Waals surface area contributed by atoms with Crippen LogP contribution in [-0.4, -0.2) is 18.6 Å². The zero-order valence-electron chi connectivity index (χ0n) is 10.8. The van der Waals surface area contributed by atoms with Crippen LogP contribution >= 0.6 is 95.6 Å². The molecular weight excluding hydrogens is 716 g/mol. The van der Waals surface area contributed by atoms with Crippen molar-refractivity contribution in [3.05, 3.63) is 51.1 Å². The fraction of sp³-hybridized carbons (Fsp3) is 0. The fourth-order valence-electron chi connectivity index (χ4n) is 1.54. The molecule has 23 heavy (non-hydrogen) atoms. The van der Waals surface area contributed by atoms with Crippen LogP contribution in [0.15, 0.2) is 51.1 Å². The third kappa shape index (κ3) is 5.51. The summed E-state index contributed by atoms with van der Waals surface area (Å²) >= 11 is 19.9. The van der Waals surface area contributed by atoms with E-state index in [2.05, 4.69) is 95.6 Å². The average Bonchev–Trinajstić information content (AvgIpc) is 2.38. The summed E-state index contributed by atoms with van der Waals surface area (Å²) in [4.78, 5) is 20.4. The lowest BCUT2D eigenvalue weighted by atomic mass is 10.3. The fourth-order valence-corrected chi connectivity index (χ4v) is 7.99. The number of hydrogen-bond donors (Lipinski definition) is 2. The van der Waals surface area contributed by atoms with Crippen LogP contribution in [0.1, 0.15) is 0 Å². The van der Waals surface area contributed by atoms with Crippen molar-refractivity contribution in [3.63, 3.8) is 0 Å². The molecule has 0 unspecified atom stereocenters. The van der Waals surface area contributed by atoms with E-state index in [0.29, 0.717) is 17.9 Å². The molecule has 0 fully saturated rings. The standard InChI is InChI=1S/C12H6Br6O4Si/c13-5-1-7(15)11(8(16)2-5)21-23(19,20)22-12-9(17)3-6(14)4-10(12)18/h1-4,19-20H. The maximum absolute atomic E-state index is 10.2. The van der Waals surface area contributed by atoms with Crippen molar-refractivity contribution in [1.82, 2.24) is 0 Å². The molecule has 0 aliphatic carbocycles. The number of halogens is 6. The van der Waals surface area contributed by atoms with Crippen LogP contribution in [0, 0.1) is 0 Å². The van der Waals surface area contributed by atoms with E-state index in [-0.39, 0.29) is 11.5 Å². The molecule has 0 saturated carbocycles. The van der Waals surface area contributed by atoms with Gasteiger partial charge in [0, 0.05) is 8.95 Å². The second kappa shape index (κ2) is 8.17. The van der Waals surface area contributed by atoms with Crippen LogP contribution in [0.3, 0.4) is 0 Å². The summed E-state index contributed by atoms with van der Waals surface area (Å²) in [5, 5.41) is 0. The molecule has 124 valence electrons. The Morgan fingerprint density at radius 1 is 0.609 bits per heavy atom. The molecule has 0 bridgehead atoms. The molecule has 2 aromatic carbocycles. The molecule has 0 amide bonds. The summed E-state index contributed by atoms with van der Waals surface area (Å²) in [6.07, 6.45) is 0. The maximum Gasteiger partial charge on any atom is 0.815 e. The molecule has 0 heterocycles. The SMILES string of the molecule is O[Si](O)(Oc1c(Br)cc(Br)cc1Br)Oc1c(Br)cc(Br)cc1Br. The monoisotopic (exact) mass is 716 g/mol. The highest BCUT2D eigenvalue weighted by molar-refractivity contribution is 9.12. The van der Waals surface area contributed by atoms with E-state index in [9.17, 15) is 9.59 Å². The molecule has 0 spiro atoms. The van der Waals surface area contributed by atoms with Crippen LogP contribution in [-0.2, 0) is 0 Å². The predicted molar refractivity (Wildman–Crippen MR) is 111 cm³/mol. The van der Waals surface area contributed by atoms with Gasteiger partial charge in [-0.3, -0.25) is 0 Å². The summed E-state index contributed by atoms with van der Waals surface area (Å²) in [7, 11) is -4.50. The summed E-state index contributed by atoms with van der Waals surface area (Å²) < 4.78 is 14.4. The summed E-state index contributed by atoms with van der Waals surface area (Å²) in [6, 6.07) is 6.87. The van der Waals surface area contributed by atoms with Crippen molar-refractivity contribution in [2.75, 3.05) is 0 Å². The minimum atomic E-state index is -4.50. The van der Waals surface area contributed by atoms with Gasteiger partial charge in [0.15, 0.2) is 0 Å². The lowest BCUT2D eigenvalue weighted by Gasteiger charge is -2.22. The highest BCUT2D eigenvalue weighted by Crippen LogP contribution is 2.40. The maximum atomic E-state index is 10.2. The van der Waals surface area contributed by atoms with Gasteiger partial charge in [0.25, 0.3) is 0 Å². The third-order valence-electron chi connectivity index (χ3n) is 2.40. The van der Waals surface area contributed by atoms with E-state index in [4.69, 9.17) is 8.85 Å². The molecule has 0 aliphatic heterocycles. The van der Waals surface area contributed by atoms with E-state index in [1.165, 1.54) is 0 Å². The Hall–Kier alpha value is 1.06. The average molecular weight is 722 g/mol. The van der Waals surface area contributed by atoms with E-state index in [1.807, 2.05) is 0 Å². The Balaban J connectivity index is 2.30. The number of rotatable bonds is 4. The predicted octanol–water partition coefficient (Wildman–Crippen LogP) is 6.14. The molecule has 0 aromatic heterocycles. The van der Waals surface area contributed by atoms with Crippen LogP contribution in [0.5, 0.6) is 11.5 Å². The second-order valence-electron chi connectivity index (χ2n) is 4.15. The minimum Gasteiger partial charge on any atom is -0.469 e. The molecule has 11 heteroatoms. The molecular formula is C12H6Br6O4Si. The van der Waals surface area contributed by atoms with Gasteiger partial charge in [0.1, 0.15) is 11.5 Å². The van der Waals surface area contributed by atoms with Crippen molar-refractivity contribution in [1.29, 1.82) is 0 Å². The normalized spacial score (nSPS) is 11.5. The van der Waals surface area contributed by atoms with Crippen molar-refractivity contribution >= 4 is 105 Å². The van der Waals surface area contributed by atoms with Gasteiger partial charge in [-0.15, -0.1) is 0 Å². The van der Waals surface area contributed by atoms with Gasteiger partial charge in [-0.1, -0.05) is 31.9 Å². The first-order valence-electron chi connectivity index (χ1n) is 5.71. The summed E-state index contributed by atoms with van der Waals surface area (Å²) in [5.74, 6) is 0.462. The second-order valence-corrected chi connectivity index (χ2v) is 10.9. The van der Waals surface area contributed by atoms with Crippen molar-refractivity contribution in [3.8, 4) is 11.5 Å². The van der Waals surface area contributed by atoms with Crippen LogP contribution in [0.4, 0.5) is 0 Å². The topological polar surface area (TPSA) is 58.9 Å². The highest BCUT2D eigenvalue weighted by atomic mass is 79.9. The highest BCUT2D eigenvalue weighted by Gasteiger charge is 2.44. The van der Waals surface area contributed by atoms with Crippen LogP contribution in [0.25, 0.3) is 0 Å². The molecule has 4 nitrogen and oxygen atoms in total. The van der Waals surface area contributed by atoms with E-state index < -0.39 is 9.05 Å². The van der Waals surface area contributed by atoms with Gasteiger partial charge < -0.3 is 18.4 Å². The number of hydrogen-bond acceptors (Lipinski definition) is 4. The first-order chi connectivity index (χ1) is 10.6. The lowest BCUT2D eigenvalue weighted by molar-refractivity contribution is 0.137. The van der Waals surface area contributed by atoms with Gasteiger partial charge in [-0.2, -0.15) is 0 Å². The van der Waals surface area contributed by atoms with Gasteiger partial charge in [-0.05, 0) is 88.0 Å². The zero-order chi connectivity index (χ0) is 17.4. The Morgan fingerprint density at radius 2 is 0.870 bits per heavy atom. The van der Waals surface area contributed by atoms with Crippen LogP contribution in [0.2, 0.25) is 0 Å². The van der Waals surface area contributed by atoms with Crippen LogP contribution < -0.4 is 8.85 Å². The minimum absolute atomic E-state index is 0.231. The first-order valence-corrected chi connectivity index (χ1v) is 12.2. The third-order valence-corrected chi connectivity index (χ3v) is 6.61. The smallest absolute Gasteiger partial charge is 0.469 e. The van der Waals surface area contributed by atoms with Crippen molar-refractivity contribution in [2.45, 2.75) is 0 Å². The molecule has 2 rings (SSSR count). The number of benzene rings is 2. The lowest BCUT2D eigenvalue weighted by Crippen LogP contribution is -2.49. The summed E-state index contributed by atoms with van der Waals surface area (Å²) in [6.45, 7) is 0. The molecule has 0 aliphatic rings. The van der Waals surface area contributed by atoms with Gasteiger partial charge in [-0.25, -0.2) is 0 Å². The Morgan fingerprint density at radius 3 is 1.13 bits per heavy atom. The van der Waals surface area contributed by atoms with Gasteiger partial charge in [0.05, 0.1) is 17.9 Å². The quantitative estimate of drug-likeness (QED) is 0.373. The van der Waals surface area contributed by atoms with Gasteiger partial charge >= 0.3 is 9.05 Å². The largest absolute Gasteiger partial charge is 0.815 e. The molecule has 2 aromatic rings. The van der Waals surface area contributed by atoms with E-state index in [0.717, 1.165) is 8.95 Å². The Bertz CT molecular complexity index is 647.